The second-order valence-corrected chi connectivity index (χ2v) is 5.98. The van der Waals surface area contributed by atoms with Gasteiger partial charge in [0.15, 0.2) is 6.29 Å². The third kappa shape index (κ3) is 3.71. The van der Waals surface area contributed by atoms with Gasteiger partial charge < -0.3 is 30.5 Å². The van der Waals surface area contributed by atoms with Crippen LogP contribution in [0.5, 0.6) is 0 Å². The van der Waals surface area contributed by atoms with Crippen LogP contribution in [0.4, 0.5) is 0 Å². The summed E-state index contributed by atoms with van der Waals surface area (Å²) in [5.74, 6) is -0.505. The molecule has 1 heterocycles. The van der Waals surface area contributed by atoms with E-state index in [9.17, 15) is 20.1 Å². The van der Waals surface area contributed by atoms with Crippen LogP contribution in [-0.2, 0) is 4.74 Å². The lowest BCUT2D eigenvalue weighted by Gasteiger charge is -2.40. The average molecular weight is 409 g/mol. The number of nitrogens with one attached hydrogen (secondary N) is 1. The summed E-state index contributed by atoms with van der Waals surface area (Å²) in [7, 11) is 0. The van der Waals surface area contributed by atoms with E-state index in [1.165, 1.54) is 0 Å². The number of rotatable bonds is 3. The Balaban J connectivity index is 2.09. The molecule has 1 aromatic rings. The minimum Gasteiger partial charge on any atom is -0.394 e. The molecule has 0 bridgehead atoms. The van der Waals surface area contributed by atoms with Gasteiger partial charge in [-0.2, -0.15) is 0 Å². The summed E-state index contributed by atoms with van der Waals surface area (Å²) in [6, 6.07) is 5.57. The molecule has 7 nitrogen and oxygen atoms in total. The van der Waals surface area contributed by atoms with Crippen molar-refractivity contribution in [3.05, 3.63) is 33.4 Å². The van der Waals surface area contributed by atoms with E-state index < -0.39 is 43.2 Å². The van der Waals surface area contributed by atoms with Crippen molar-refractivity contribution in [3.8, 4) is 0 Å². The van der Waals surface area contributed by atoms with E-state index in [1.807, 2.05) is 6.07 Å². The minimum atomic E-state index is -1.52. The standard InChI is InChI=1S/C13H16INO6/c14-7-3-1-2-6(4-7)12(19)15-9-11(18)10(17)8(5-16)21-13(9)20/h1-4,8-11,13,16-18,20H,5H2,(H,15,19)/t8-,9-,10-,11-,13+/m1/s1. The molecular formula is C13H16INO6. The lowest BCUT2D eigenvalue weighted by atomic mass is 9.97. The van der Waals surface area contributed by atoms with E-state index in [1.54, 1.807) is 18.2 Å². The van der Waals surface area contributed by atoms with Gasteiger partial charge >= 0.3 is 0 Å². The zero-order valence-electron chi connectivity index (χ0n) is 10.9. The van der Waals surface area contributed by atoms with Crippen molar-refractivity contribution in [2.24, 2.45) is 0 Å². The monoisotopic (exact) mass is 409 g/mol. The van der Waals surface area contributed by atoms with Gasteiger partial charge in [0.05, 0.1) is 6.61 Å². The molecule has 5 atom stereocenters. The van der Waals surface area contributed by atoms with Gasteiger partial charge in [-0.25, -0.2) is 0 Å². The second kappa shape index (κ2) is 6.99. The van der Waals surface area contributed by atoms with Crippen LogP contribution in [-0.4, -0.2) is 63.6 Å². The first-order valence-electron chi connectivity index (χ1n) is 6.31. The molecule has 1 fully saturated rings. The van der Waals surface area contributed by atoms with Crippen LogP contribution >= 0.6 is 22.6 Å². The molecule has 116 valence electrons. The van der Waals surface area contributed by atoms with Gasteiger partial charge in [0.1, 0.15) is 24.4 Å². The molecule has 0 saturated carbocycles. The lowest BCUT2D eigenvalue weighted by Crippen LogP contribution is -2.64. The van der Waals surface area contributed by atoms with Crippen LogP contribution in [0.25, 0.3) is 0 Å². The van der Waals surface area contributed by atoms with Gasteiger partial charge in [0.25, 0.3) is 5.91 Å². The van der Waals surface area contributed by atoms with E-state index in [2.05, 4.69) is 27.9 Å². The molecule has 1 aliphatic rings. The molecule has 0 spiro atoms. The molecule has 1 aliphatic heterocycles. The minimum absolute atomic E-state index is 0.361. The van der Waals surface area contributed by atoms with Crippen LogP contribution in [0.2, 0.25) is 0 Å². The van der Waals surface area contributed by atoms with Crippen molar-refractivity contribution >= 4 is 28.5 Å². The number of halogens is 1. The van der Waals surface area contributed by atoms with Gasteiger partial charge in [0, 0.05) is 9.13 Å². The molecule has 8 heteroatoms. The largest absolute Gasteiger partial charge is 0.394 e. The molecule has 0 aromatic heterocycles. The van der Waals surface area contributed by atoms with Gasteiger partial charge in [-0.15, -0.1) is 0 Å². The quantitative estimate of drug-likeness (QED) is 0.401. The number of benzene rings is 1. The fraction of sp³-hybridized carbons (Fsp3) is 0.462. The van der Waals surface area contributed by atoms with E-state index in [-0.39, 0.29) is 0 Å². The Morgan fingerprint density at radius 1 is 1.29 bits per heavy atom. The van der Waals surface area contributed by atoms with Crippen LogP contribution in [0.15, 0.2) is 24.3 Å². The van der Waals surface area contributed by atoms with E-state index in [0.717, 1.165) is 3.57 Å². The fourth-order valence-electron chi connectivity index (χ4n) is 2.12. The SMILES string of the molecule is O=C(N[C@@H]1[C@@H](O)[C@H](O)[C@@H](CO)O[C@@H]1O)c1cccc(I)c1. The van der Waals surface area contributed by atoms with Crippen LogP contribution in [0.3, 0.4) is 0 Å². The molecule has 21 heavy (non-hydrogen) atoms. The number of hydrogen-bond donors (Lipinski definition) is 5. The molecule has 5 N–H and O–H groups in total. The molecular weight excluding hydrogens is 393 g/mol. The Kier molecular flexibility index (Phi) is 5.52. The zero-order valence-corrected chi connectivity index (χ0v) is 13.0. The van der Waals surface area contributed by atoms with Crippen LogP contribution in [0, 0.1) is 3.57 Å². The van der Waals surface area contributed by atoms with Crippen LogP contribution < -0.4 is 5.32 Å². The Hall–Kier alpha value is -0.780. The first-order valence-corrected chi connectivity index (χ1v) is 7.39. The zero-order chi connectivity index (χ0) is 15.6. The van der Waals surface area contributed by atoms with E-state index in [4.69, 9.17) is 9.84 Å². The van der Waals surface area contributed by atoms with E-state index >= 15 is 0 Å². The smallest absolute Gasteiger partial charge is 0.251 e. The lowest BCUT2D eigenvalue weighted by molar-refractivity contribution is -0.252. The third-order valence-corrected chi connectivity index (χ3v) is 3.96. The molecule has 0 radical (unpaired) electrons. The Morgan fingerprint density at radius 3 is 2.62 bits per heavy atom. The molecule has 0 unspecified atom stereocenters. The number of carbonyl (C=O) groups excluding carboxylic acids is 1. The van der Waals surface area contributed by atoms with Gasteiger partial charge in [-0.1, -0.05) is 6.07 Å². The molecule has 2 rings (SSSR count). The number of aliphatic hydroxyl groups is 4. The number of carbonyl (C=O) groups is 1. The van der Waals surface area contributed by atoms with E-state index in [0.29, 0.717) is 5.56 Å². The predicted molar refractivity (Wildman–Crippen MR) is 80.4 cm³/mol. The van der Waals surface area contributed by atoms with Crippen molar-refractivity contribution in [2.45, 2.75) is 30.6 Å². The summed E-state index contributed by atoms with van der Waals surface area (Å²) >= 11 is 2.06. The van der Waals surface area contributed by atoms with Crippen molar-refractivity contribution < 1.29 is 30.0 Å². The highest BCUT2D eigenvalue weighted by molar-refractivity contribution is 14.1. The summed E-state index contributed by atoms with van der Waals surface area (Å²) in [4.78, 5) is 12.1. The Bertz CT molecular complexity index is 513. The summed E-state index contributed by atoms with van der Waals surface area (Å²) in [5.41, 5.74) is 0.361. The Labute approximate surface area is 134 Å². The number of hydrogen-bond acceptors (Lipinski definition) is 6. The fourth-order valence-corrected chi connectivity index (χ4v) is 2.66. The van der Waals surface area contributed by atoms with Crippen molar-refractivity contribution in [2.75, 3.05) is 6.61 Å². The summed E-state index contributed by atoms with van der Waals surface area (Å²) in [5, 5.41) is 40.9. The normalized spacial score (nSPS) is 32.7. The molecule has 0 aliphatic carbocycles. The average Bonchev–Trinajstić information content (AvgIpc) is 2.47. The first kappa shape index (κ1) is 16.6. The summed E-state index contributed by atoms with van der Waals surface area (Å²) in [6.07, 6.45) is -5.47. The van der Waals surface area contributed by atoms with Crippen molar-refractivity contribution in [1.82, 2.24) is 5.32 Å². The van der Waals surface area contributed by atoms with Crippen LogP contribution in [0.1, 0.15) is 10.4 Å². The number of aliphatic hydroxyl groups excluding tert-OH is 4. The molecule has 1 aromatic carbocycles. The number of ether oxygens (including phenoxy) is 1. The second-order valence-electron chi connectivity index (χ2n) is 4.74. The van der Waals surface area contributed by atoms with Gasteiger partial charge in [-0.05, 0) is 40.8 Å². The van der Waals surface area contributed by atoms with Crippen molar-refractivity contribution in [1.29, 1.82) is 0 Å². The maximum Gasteiger partial charge on any atom is 0.251 e. The topological polar surface area (TPSA) is 119 Å². The molecule has 1 saturated heterocycles. The highest BCUT2D eigenvalue weighted by atomic mass is 127. The summed E-state index contributed by atoms with van der Waals surface area (Å²) < 4.78 is 5.83. The third-order valence-electron chi connectivity index (χ3n) is 3.28. The maximum atomic E-state index is 12.1. The molecule has 1 amide bonds. The van der Waals surface area contributed by atoms with Gasteiger partial charge in [0.2, 0.25) is 0 Å². The highest BCUT2D eigenvalue weighted by Gasteiger charge is 2.44. The van der Waals surface area contributed by atoms with Crippen molar-refractivity contribution in [3.63, 3.8) is 0 Å². The number of amides is 1. The van der Waals surface area contributed by atoms with Gasteiger partial charge in [-0.3, -0.25) is 4.79 Å². The maximum absolute atomic E-state index is 12.1. The predicted octanol–water partition coefficient (Wildman–Crippen LogP) is -1.18. The summed E-state index contributed by atoms with van der Waals surface area (Å²) in [6.45, 7) is -0.549. The highest BCUT2D eigenvalue weighted by Crippen LogP contribution is 2.20. The first-order chi connectivity index (χ1) is 9.93. The Morgan fingerprint density at radius 2 is 2.00 bits per heavy atom.